The van der Waals surface area contributed by atoms with E-state index in [2.05, 4.69) is 40.3 Å². The molecule has 26 heavy (non-hydrogen) atoms. The van der Waals surface area contributed by atoms with Crippen LogP contribution in [0.25, 0.3) is 0 Å². The van der Waals surface area contributed by atoms with Gasteiger partial charge in [0.05, 0.1) is 23.4 Å². The van der Waals surface area contributed by atoms with Crippen molar-refractivity contribution in [3.8, 4) is 0 Å². The number of nitrogens with one attached hydrogen (secondary N) is 2. The molecule has 4 rings (SSSR count). The van der Waals surface area contributed by atoms with Crippen LogP contribution in [0.15, 0.2) is 6.07 Å². The number of piperidine rings is 2. The predicted molar refractivity (Wildman–Crippen MR) is 99.8 cm³/mol. The van der Waals surface area contributed by atoms with Gasteiger partial charge in [-0.3, -0.25) is 9.89 Å². The standard InChI is InChI=1S/C20H32N4O2/c1-20(2)11-15(12-21-13-20)19(25)24-7-5-14(6-8-24)16-10-17(23-22-16)18-4-3-9-26-18/h10,14-15,18,21H,3-9,11-13H2,1-2H3,(H,22,23). The summed E-state index contributed by atoms with van der Waals surface area (Å²) in [5.74, 6) is 0.920. The number of rotatable bonds is 3. The molecule has 3 saturated heterocycles. The molecule has 1 aromatic rings. The zero-order chi connectivity index (χ0) is 18.1. The molecule has 2 unspecified atom stereocenters. The number of aromatic amines is 1. The van der Waals surface area contributed by atoms with Gasteiger partial charge < -0.3 is 15.0 Å². The van der Waals surface area contributed by atoms with Crippen LogP contribution in [0.4, 0.5) is 0 Å². The predicted octanol–water partition coefficient (Wildman–Crippen LogP) is 2.60. The van der Waals surface area contributed by atoms with Crippen molar-refractivity contribution in [2.45, 2.75) is 58.0 Å². The summed E-state index contributed by atoms with van der Waals surface area (Å²) >= 11 is 0. The smallest absolute Gasteiger partial charge is 0.226 e. The van der Waals surface area contributed by atoms with Crippen molar-refractivity contribution in [1.29, 1.82) is 0 Å². The normalized spacial score (nSPS) is 29.8. The monoisotopic (exact) mass is 360 g/mol. The van der Waals surface area contributed by atoms with Gasteiger partial charge in [-0.1, -0.05) is 13.8 Å². The van der Waals surface area contributed by atoms with Gasteiger partial charge in [0.25, 0.3) is 0 Å². The summed E-state index contributed by atoms with van der Waals surface area (Å²) in [5, 5.41) is 11.2. The molecule has 1 amide bonds. The van der Waals surface area contributed by atoms with Crippen LogP contribution in [0.3, 0.4) is 0 Å². The lowest BCUT2D eigenvalue weighted by Gasteiger charge is -2.39. The number of carbonyl (C=O) groups is 1. The number of amides is 1. The Bertz CT molecular complexity index is 628. The lowest BCUT2D eigenvalue weighted by Crippen LogP contribution is -2.49. The summed E-state index contributed by atoms with van der Waals surface area (Å²) in [4.78, 5) is 15.0. The Hall–Kier alpha value is -1.40. The molecule has 144 valence electrons. The zero-order valence-corrected chi connectivity index (χ0v) is 16.1. The number of hydrogen-bond donors (Lipinski definition) is 2. The molecule has 3 aliphatic rings. The Morgan fingerprint density at radius 2 is 2.12 bits per heavy atom. The number of nitrogens with zero attached hydrogens (tertiary/aromatic N) is 2. The quantitative estimate of drug-likeness (QED) is 0.869. The molecular formula is C20H32N4O2. The van der Waals surface area contributed by atoms with Gasteiger partial charge in [0.2, 0.25) is 5.91 Å². The van der Waals surface area contributed by atoms with Crippen molar-refractivity contribution in [2.75, 3.05) is 32.8 Å². The first kappa shape index (κ1) is 18.0. The third-order valence-corrected chi connectivity index (χ3v) is 6.26. The van der Waals surface area contributed by atoms with E-state index in [4.69, 9.17) is 4.74 Å². The van der Waals surface area contributed by atoms with Crippen LogP contribution in [-0.2, 0) is 9.53 Å². The van der Waals surface area contributed by atoms with Gasteiger partial charge in [-0.2, -0.15) is 5.10 Å². The molecule has 0 saturated carbocycles. The third kappa shape index (κ3) is 3.81. The molecule has 0 aromatic carbocycles. The molecule has 3 fully saturated rings. The van der Waals surface area contributed by atoms with E-state index in [0.29, 0.717) is 11.8 Å². The molecular weight excluding hydrogens is 328 g/mol. The second-order valence-electron chi connectivity index (χ2n) is 9.05. The minimum atomic E-state index is 0.131. The van der Waals surface area contributed by atoms with Crippen LogP contribution in [-0.4, -0.2) is 53.8 Å². The largest absolute Gasteiger partial charge is 0.372 e. The van der Waals surface area contributed by atoms with Crippen molar-refractivity contribution in [1.82, 2.24) is 20.4 Å². The van der Waals surface area contributed by atoms with E-state index < -0.39 is 0 Å². The zero-order valence-electron chi connectivity index (χ0n) is 16.1. The minimum absolute atomic E-state index is 0.131. The highest BCUT2D eigenvalue weighted by molar-refractivity contribution is 5.79. The molecule has 1 aromatic heterocycles. The van der Waals surface area contributed by atoms with Gasteiger partial charge >= 0.3 is 0 Å². The first-order valence-corrected chi connectivity index (χ1v) is 10.2. The van der Waals surface area contributed by atoms with E-state index >= 15 is 0 Å². The van der Waals surface area contributed by atoms with Gasteiger partial charge in [0.15, 0.2) is 0 Å². The lowest BCUT2D eigenvalue weighted by atomic mass is 9.79. The number of carbonyl (C=O) groups excluding carboxylic acids is 1. The van der Waals surface area contributed by atoms with E-state index in [1.165, 1.54) is 0 Å². The minimum Gasteiger partial charge on any atom is -0.372 e. The molecule has 0 aliphatic carbocycles. The second kappa shape index (κ2) is 7.31. The molecule has 0 bridgehead atoms. The molecule has 3 aliphatic heterocycles. The average Bonchev–Trinajstić information content (AvgIpc) is 3.32. The molecule has 0 radical (unpaired) electrons. The Balaban J connectivity index is 1.32. The van der Waals surface area contributed by atoms with Crippen molar-refractivity contribution < 1.29 is 9.53 Å². The third-order valence-electron chi connectivity index (χ3n) is 6.26. The Labute approximate surface area is 156 Å². The van der Waals surface area contributed by atoms with E-state index in [1.54, 1.807) is 0 Å². The SMILES string of the molecule is CC1(C)CNCC(C(=O)N2CCC(c3cc(C4CCCO4)[nH]n3)CC2)C1. The summed E-state index contributed by atoms with van der Waals surface area (Å²) in [6, 6.07) is 2.19. The molecule has 2 atom stereocenters. The van der Waals surface area contributed by atoms with Gasteiger partial charge in [-0.25, -0.2) is 0 Å². The van der Waals surface area contributed by atoms with Crippen molar-refractivity contribution in [3.05, 3.63) is 17.5 Å². The van der Waals surface area contributed by atoms with Crippen LogP contribution in [0.1, 0.15) is 69.4 Å². The molecule has 4 heterocycles. The first-order valence-electron chi connectivity index (χ1n) is 10.2. The fourth-order valence-corrected chi connectivity index (χ4v) is 4.77. The van der Waals surface area contributed by atoms with Crippen LogP contribution in [0.5, 0.6) is 0 Å². The number of ether oxygens (including phenoxy) is 1. The van der Waals surface area contributed by atoms with E-state index in [-0.39, 0.29) is 17.4 Å². The van der Waals surface area contributed by atoms with E-state index in [0.717, 1.165) is 76.3 Å². The summed E-state index contributed by atoms with van der Waals surface area (Å²) < 4.78 is 5.74. The number of aromatic nitrogens is 2. The van der Waals surface area contributed by atoms with Crippen molar-refractivity contribution >= 4 is 5.91 Å². The van der Waals surface area contributed by atoms with Crippen molar-refractivity contribution in [2.24, 2.45) is 11.3 Å². The van der Waals surface area contributed by atoms with Crippen LogP contribution >= 0.6 is 0 Å². The lowest BCUT2D eigenvalue weighted by molar-refractivity contribution is -0.138. The maximum Gasteiger partial charge on any atom is 0.226 e. The second-order valence-corrected chi connectivity index (χ2v) is 9.05. The molecule has 6 heteroatoms. The maximum absolute atomic E-state index is 12.9. The molecule has 6 nitrogen and oxygen atoms in total. The fraction of sp³-hybridized carbons (Fsp3) is 0.800. The summed E-state index contributed by atoms with van der Waals surface area (Å²) in [5.41, 5.74) is 2.47. The number of hydrogen-bond acceptors (Lipinski definition) is 4. The van der Waals surface area contributed by atoms with Gasteiger partial charge in [-0.15, -0.1) is 0 Å². The Morgan fingerprint density at radius 3 is 2.81 bits per heavy atom. The Morgan fingerprint density at radius 1 is 1.31 bits per heavy atom. The number of likely N-dealkylation sites (tertiary alicyclic amines) is 1. The van der Waals surface area contributed by atoms with Crippen LogP contribution in [0.2, 0.25) is 0 Å². The van der Waals surface area contributed by atoms with Crippen LogP contribution < -0.4 is 5.32 Å². The van der Waals surface area contributed by atoms with E-state index in [9.17, 15) is 4.79 Å². The summed E-state index contributed by atoms with van der Waals surface area (Å²) in [7, 11) is 0. The highest BCUT2D eigenvalue weighted by atomic mass is 16.5. The van der Waals surface area contributed by atoms with E-state index in [1.807, 2.05) is 0 Å². The number of H-pyrrole nitrogens is 1. The average molecular weight is 361 g/mol. The first-order chi connectivity index (χ1) is 12.5. The van der Waals surface area contributed by atoms with Crippen LogP contribution in [0, 0.1) is 11.3 Å². The summed E-state index contributed by atoms with van der Waals surface area (Å²) in [6.07, 6.45) is 5.41. The molecule has 2 N–H and O–H groups in total. The highest BCUT2D eigenvalue weighted by Crippen LogP contribution is 2.33. The fourth-order valence-electron chi connectivity index (χ4n) is 4.77. The van der Waals surface area contributed by atoms with Gasteiger partial charge in [0, 0.05) is 38.7 Å². The Kier molecular flexibility index (Phi) is 5.06. The molecule has 0 spiro atoms. The van der Waals surface area contributed by atoms with Gasteiger partial charge in [-0.05, 0) is 43.6 Å². The maximum atomic E-state index is 12.9. The highest BCUT2D eigenvalue weighted by Gasteiger charge is 2.35. The van der Waals surface area contributed by atoms with Gasteiger partial charge in [0.1, 0.15) is 0 Å². The topological polar surface area (TPSA) is 70.2 Å². The van der Waals surface area contributed by atoms with Crippen molar-refractivity contribution in [3.63, 3.8) is 0 Å². The summed E-state index contributed by atoms with van der Waals surface area (Å²) in [6.45, 7) is 8.87.